The van der Waals surface area contributed by atoms with Gasteiger partial charge in [0.05, 0.1) is 11.8 Å². The Balaban J connectivity index is 1.57. The van der Waals surface area contributed by atoms with E-state index in [0.717, 1.165) is 25.2 Å². The molecule has 1 atom stereocenters. The molecule has 0 radical (unpaired) electrons. The van der Waals surface area contributed by atoms with Crippen molar-refractivity contribution in [2.24, 2.45) is 0 Å². The lowest BCUT2D eigenvalue weighted by Crippen LogP contribution is -2.38. The second-order valence-corrected chi connectivity index (χ2v) is 6.07. The number of anilines is 3. The van der Waals surface area contributed by atoms with Gasteiger partial charge in [-0.15, -0.1) is 10.2 Å². The van der Waals surface area contributed by atoms with E-state index in [2.05, 4.69) is 35.9 Å². The molecule has 1 aliphatic rings. The summed E-state index contributed by atoms with van der Waals surface area (Å²) in [6.45, 7) is 1.39. The molecule has 1 aliphatic heterocycles. The van der Waals surface area contributed by atoms with Gasteiger partial charge in [-0.05, 0) is 42.3 Å². The van der Waals surface area contributed by atoms with E-state index in [-0.39, 0.29) is 11.9 Å². The van der Waals surface area contributed by atoms with Crippen LogP contribution in [0.2, 0.25) is 0 Å². The smallest absolute Gasteiger partial charge is 0.229 e. The van der Waals surface area contributed by atoms with Gasteiger partial charge in [0.25, 0.3) is 0 Å². The highest BCUT2D eigenvalue weighted by Gasteiger charge is 2.19. The quantitative estimate of drug-likeness (QED) is 0.507. The Labute approximate surface area is 148 Å². The molecule has 1 fully saturated rings. The number of phenolic OH excluding ortho intramolecular Hbond substituents is 1. The van der Waals surface area contributed by atoms with Crippen molar-refractivity contribution in [2.75, 3.05) is 23.3 Å². The van der Waals surface area contributed by atoms with Crippen LogP contribution in [0.25, 0.3) is 11.4 Å². The van der Waals surface area contributed by atoms with Crippen molar-refractivity contribution >= 4 is 17.5 Å². The van der Waals surface area contributed by atoms with Gasteiger partial charge in [-0.1, -0.05) is 0 Å². The van der Waals surface area contributed by atoms with Gasteiger partial charge in [0.1, 0.15) is 11.6 Å². The van der Waals surface area contributed by atoms with Gasteiger partial charge in [-0.2, -0.15) is 10.2 Å². The number of tetrazole rings is 1. The minimum Gasteiger partial charge on any atom is -0.506 e. The van der Waals surface area contributed by atoms with Crippen LogP contribution in [0.15, 0.2) is 30.5 Å². The first-order valence-electron chi connectivity index (χ1n) is 8.29. The number of rotatable bonds is 4. The predicted molar refractivity (Wildman–Crippen MR) is 94.0 cm³/mol. The third-order valence-electron chi connectivity index (χ3n) is 4.21. The van der Waals surface area contributed by atoms with Crippen molar-refractivity contribution in [3.63, 3.8) is 0 Å². The molecule has 26 heavy (non-hydrogen) atoms. The van der Waals surface area contributed by atoms with E-state index in [4.69, 9.17) is 0 Å². The maximum Gasteiger partial charge on any atom is 0.229 e. The van der Waals surface area contributed by atoms with Gasteiger partial charge in [0.15, 0.2) is 0 Å². The number of nitrogens with one attached hydrogen (secondary N) is 2. The summed E-state index contributed by atoms with van der Waals surface area (Å²) < 4.78 is 0. The van der Waals surface area contributed by atoms with Crippen LogP contribution in [0.3, 0.4) is 0 Å². The Hall–Kier alpha value is -3.27. The summed E-state index contributed by atoms with van der Waals surface area (Å²) in [5.74, 6) is 1.56. The molecule has 4 rings (SSSR count). The molecular weight excluding hydrogens is 336 g/mol. The number of aromatic nitrogens is 6. The van der Waals surface area contributed by atoms with E-state index in [1.165, 1.54) is 0 Å². The average molecular weight is 354 g/mol. The zero-order valence-corrected chi connectivity index (χ0v) is 13.9. The minimum atomic E-state index is -0.342. The molecule has 10 nitrogen and oxygen atoms in total. The molecule has 1 saturated heterocycles. The second kappa shape index (κ2) is 6.92. The zero-order chi connectivity index (χ0) is 17.9. The van der Waals surface area contributed by atoms with Crippen molar-refractivity contribution in [3.05, 3.63) is 30.5 Å². The SMILES string of the molecule is Oc1ccc(-c2nn[nH]n2)cc1Nc1nccc(N2CCCC(O)C2)n1. The first-order chi connectivity index (χ1) is 12.7. The van der Waals surface area contributed by atoms with Gasteiger partial charge < -0.3 is 20.4 Å². The van der Waals surface area contributed by atoms with Crippen LogP contribution >= 0.6 is 0 Å². The summed E-state index contributed by atoms with van der Waals surface area (Å²) in [6, 6.07) is 6.73. The molecule has 0 saturated carbocycles. The maximum atomic E-state index is 10.1. The van der Waals surface area contributed by atoms with E-state index < -0.39 is 0 Å². The molecule has 0 bridgehead atoms. The lowest BCUT2D eigenvalue weighted by atomic mass is 10.1. The average Bonchev–Trinajstić information content (AvgIpc) is 3.19. The van der Waals surface area contributed by atoms with Crippen molar-refractivity contribution in [2.45, 2.75) is 18.9 Å². The number of aromatic hydroxyl groups is 1. The molecule has 10 heteroatoms. The number of β-amino-alcohol motifs (C(OH)–C–C–N with tert-alkyl or cyclic N) is 1. The summed E-state index contributed by atoms with van der Waals surface area (Å²) in [7, 11) is 0. The fourth-order valence-electron chi connectivity index (χ4n) is 2.93. The standard InChI is InChI=1S/C16H18N8O2/c25-11-2-1-7-24(9-11)14-5-6-17-16(19-14)18-12-8-10(3-4-13(12)26)15-20-22-23-21-15/h3-6,8,11,25-26H,1-2,7,9H2,(H,17,18,19)(H,20,21,22,23). The Morgan fingerprint density at radius 3 is 3.00 bits per heavy atom. The normalized spacial score (nSPS) is 17.3. The maximum absolute atomic E-state index is 10.1. The van der Waals surface area contributed by atoms with E-state index in [1.807, 2.05) is 4.90 Å². The van der Waals surface area contributed by atoms with Crippen LogP contribution < -0.4 is 10.2 Å². The van der Waals surface area contributed by atoms with Crippen molar-refractivity contribution < 1.29 is 10.2 Å². The second-order valence-electron chi connectivity index (χ2n) is 6.07. The van der Waals surface area contributed by atoms with Crippen molar-refractivity contribution in [1.82, 2.24) is 30.6 Å². The van der Waals surface area contributed by atoms with Crippen LogP contribution in [-0.2, 0) is 0 Å². The van der Waals surface area contributed by atoms with Crippen LogP contribution in [0.5, 0.6) is 5.75 Å². The van der Waals surface area contributed by atoms with E-state index in [1.54, 1.807) is 30.5 Å². The van der Waals surface area contributed by atoms with Gasteiger partial charge in [0, 0.05) is 24.8 Å². The Morgan fingerprint density at radius 1 is 1.27 bits per heavy atom. The Kier molecular flexibility index (Phi) is 4.32. The zero-order valence-electron chi connectivity index (χ0n) is 13.9. The third-order valence-corrected chi connectivity index (χ3v) is 4.21. The monoisotopic (exact) mass is 354 g/mol. The van der Waals surface area contributed by atoms with Crippen LogP contribution in [0.4, 0.5) is 17.5 Å². The molecule has 2 aromatic heterocycles. The topological polar surface area (TPSA) is 136 Å². The van der Waals surface area contributed by atoms with E-state index in [9.17, 15) is 10.2 Å². The summed E-state index contributed by atoms with van der Waals surface area (Å²) in [5.41, 5.74) is 1.12. The number of nitrogens with zero attached hydrogens (tertiary/aromatic N) is 6. The fourth-order valence-corrected chi connectivity index (χ4v) is 2.93. The lowest BCUT2D eigenvalue weighted by Gasteiger charge is -2.31. The van der Waals surface area contributed by atoms with Crippen LogP contribution in [0.1, 0.15) is 12.8 Å². The van der Waals surface area contributed by atoms with Crippen LogP contribution in [-0.4, -0.2) is 60.0 Å². The summed E-state index contributed by atoms with van der Waals surface area (Å²) >= 11 is 0. The molecule has 4 N–H and O–H groups in total. The number of hydrogen-bond donors (Lipinski definition) is 4. The lowest BCUT2D eigenvalue weighted by molar-refractivity contribution is 0.154. The van der Waals surface area contributed by atoms with Crippen LogP contribution in [0, 0.1) is 0 Å². The van der Waals surface area contributed by atoms with Gasteiger partial charge in [-0.25, -0.2) is 4.98 Å². The molecule has 0 spiro atoms. The molecule has 0 amide bonds. The molecule has 3 aromatic rings. The number of aliphatic hydroxyl groups is 1. The molecule has 1 unspecified atom stereocenters. The van der Waals surface area contributed by atoms with Crippen molar-refractivity contribution in [3.8, 4) is 17.1 Å². The summed E-state index contributed by atoms with van der Waals surface area (Å²) in [5, 5.41) is 36.8. The van der Waals surface area contributed by atoms with E-state index >= 15 is 0 Å². The highest BCUT2D eigenvalue weighted by molar-refractivity contribution is 5.70. The first kappa shape index (κ1) is 16.2. The van der Waals surface area contributed by atoms with Gasteiger partial charge in [0.2, 0.25) is 11.8 Å². The van der Waals surface area contributed by atoms with Gasteiger partial charge in [-0.3, -0.25) is 0 Å². The highest BCUT2D eigenvalue weighted by Crippen LogP contribution is 2.30. The van der Waals surface area contributed by atoms with Gasteiger partial charge >= 0.3 is 0 Å². The summed E-state index contributed by atoms with van der Waals surface area (Å²) in [6.07, 6.45) is 3.03. The minimum absolute atomic E-state index is 0.0552. The number of H-pyrrole nitrogens is 1. The number of benzene rings is 1. The Morgan fingerprint density at radius 2 is 2.19 bits per heavy atom. The molecule has 0 aliphatic carbocycles. The first-order valence-corrected chi connectivity index (χ1v) is 8.29. The largest absolute Gasteiger partial charge is 0.506 e. The predicted octanol–water partition coefficient (Wildman–Crippen LogP) is 1.07. The molecular formula is C16H18N8O2. The fraction of sp³-hybridized carbons (Fsp3) is 0.312. The number of piperidine rings is 1. The number of phenols is 1. The summed E-state index contributed by atoms with van der Waals surface area (Å²) in [4.78, 5) is 10.7. The van der Waals surface area contributed by atoms with Crippen molar-refractivity contribution in [1.29, 1.82) is 0 Å². The molecule has 134 valence electrons. The Bertz CT molecular complexity index is 886. The van der Waals surface area contributed by atoms with E-state index in [0.29, 0.717) is 29.6 Å². The highest BCUT2D eigenvalue weighted by atomic mass is 16.3. The number of aliphatic hydroxyl groups excluding tert-OH is 1. The molecule has 3 heterocycles. The number of aromatic amines is 1. The number of hydrogen-bond acceptors (Lipinski definition) is 9. The molecule has 1 aromatic carbocycles. The third kappa shape index (κ3) is 3.40.